The molecular formula is C13H22N2O3. The Balaban J connectivity index is 1.72. The lowest BCUT2D eigenvalue weighted by Gasteiger charge is -2.36. The molecule has 0 aliphatic carbocycles. The van der Waals surface area contributed by atoms with Gasteiger partial charge in [-0.25, -0.2) is 0 Å². The molecule has 1 N–H and O–H groups in total. The smallest absolute Gasteiger partial charge is 0.303 e. The number of hydrogen-bond donors (Lipinski definition) is 1. The fourth-order valence-electron chi connectivity index (χ4n) is 2.72. The zero-order valence-corrected chi connectivity index (χ0v) is 10.8. The van der Waals surface area contributed by atoms with Crippen LogP contribution in [-0.4, -0.2) is 59.5 Å². The van der Waals surface area contributed by atoms with Crippen molar-refractivity contribution >= 4 is 11.9 Å². The van der Waals surface area contributed by atoms with E-state index < -0.39 is 5.97 Å². The molecule has 2 rings (SSSR count). The zero-order chi connectivity index (χ0) is 13.0. The predicted molar refractivity (Wildman–Crippen MR) is 67.2 cm³/mol. The van der Waals surface area contributed by atoms with Crippen molar-refractivity contribution in [1.82, 2.24) is 9.80 Å². The van der Waals surface area contributed by atoms with E-state index in [0.29, 0.717) is 12.5 Å². The predicted octanol–water partition coefficient (Wildman–Crippen LogP) is 0.795. The van der Waals surface area contributed by atoms with Crippen LogP contribution in [0.2, 0.25) is 0 Å². The van der Waals surface area contributed by atoms with Gasteiger partial charge < -0.3 is 10.0 Å². The standard InChI is InChI=1S/C13H22N2O3/c16-12(15-7-2-8-15)10-14-6-1-3-11(9-14)4-5-13(17)18/h11H,1-10H2,(H,17,18). The highest BCUT2D eigenvalue weighted by Gasteiger charge is 2.25. The van der Waals surface area contributed by atoms with Crippen LogP contribution < -0.4 is 0 Å². The Bertz CT molecular complexity index is 315. The molecule has 0 spiro atoms. The van der Waals surface area contributed by atoms with Gasteiger partial charge in [0.15, 0.2) is 0 Å². The van der Waals surface area contributed by atoms with Gasteiger partial charge >= 0.3 is 5.97 Å². The molecule has 5 nitrogen and oxygen atoms in total. The highest BCUT2D eigenvalue weighted by atomic mass is 16.4. The van der Waals surface area contributed by atoms with Gasteiger partial charge in [0, 0.05) is 26.1 Å². The van der Waals surface area contributed by atoms with Crippen LogP contribution in [0.5, 0.6) is 0 Å². The first kappa shape index (κ1) is 13.3. The minimum Gasteiger partial charge on any atom is -0.481 e. The minimum atomic E-state index is -0.719. The molecule has 0 aromatic rings. The number of carbonyl (C=O) groups excluding carboxylic acids is 1. The van der Waals surface area contributed by atoms with E-state index in [2.05, 4.69) is 4.90 Å². The molecule has 0 aromatic carbocycles. The van der Waals surface area contributed by atoms with Crippen molar-refractivity contribution in [1.29, 1.82) is 0 Å². The number of carboxylic acid groups (broad SMARTS) is 1. The summed E-state index contributed by atoms with van der Waals surface area (Å²) in [5, 5.41) is 8.69. The average Bonchev–Trinajstić information content (AvgIpc) is 2.24. The Hall–Kier alpha value is -1.10. The summed E-state index contributed by atoms with van der Waals surface area (Å²) in [5.41, 5.74) is 0. The summed E-state index contributed by atoms with van der Waals surface area (Å²) in [6.07, 6.45) is 4.30. The van der Waals surface area contributed by atoms with E-state index in [9.17, 15) is 9.59 Å². The van der Waals surface area contributed by atoms with E-state index in [-0.39, 0.29) is 12.3 Å². The number of carboxylic acids is 1. The molecular weight excluding hydrogens is 232 g/mol. The normalized spacial score (nSPS) is 24.7. The lowest BCUT2D eigenvalue weighted by Crippen LogP contribution is -2.49. The van der Waals surface area contributed by atoms with Crippen LogP contribution in [0.3, 0.4) is 0 Å². The van der Waals surface area contributed by atoms with Gasteiger partial charge in [-0.2, -0.15) is 0 Å². The van der Waals surface area contributed by atoms with Crippen molar-refractivity contribution < 1.29 is 14.7 Å². The SMILES string of the molecule is O=C(O)CCC1CCCN(CC(=O)N2CCC2)C1. The molecule has 1 amide bonds. The molecule has 0 aromatic heterocycles. The van der Waals surface area contributed by atoms with Crippen LogP contribution in [0.1, 0.15) is 32.1 Å². The number of hydrogen-bond acceptors (Lipinski definition) is 3. The molecule has 2 aliphatic rings. The molecule has 102 valence electrons. The van der Waals surface area contributed by atoms with Gasteiger partial charge in [-0.15, -0.1) is 0 Å². The van der Waals surface area contributed by atoms with E-state index in [1.165, 1.54) is 0 Å². The van der Waals surface area contributed by atoms with Gasteiger partial charge in [-0.05, 0) is 38.1 Å². The number of nitrogens with zero attached hydrogens (tertiary/aromatic N) is 2. The van der Waals surface area contributed by atoms with E-state index >= 15 is 0 Å². The summed E-state index contributed by atoms with van der Waals surface area (Å²) in [6.45, 7) is 4.20. The minimum absolute atomic E-state index is 0.236. The molecule has 0 saturated carbocycles. The maximum atomic E-state index is 11.9. The second-order valence-corrected chi connectivity index (χ2v) is 5.41. The summed E-state index contributed by atoms with van der Waals surface area (Å²) in [6, 6.07) is 0. The van der Waals surface area contributed by atoms with Gasteiger partial charge in [-0.1, -0.05) is 0 Å². The third-order valence-corrected chi connectivity index (χ3v) is 3.94. The van der Waals surface area contributed by atoms with E-state index in [0.717, 1.165) is 51.9 Å². The number of aliphatic carboxylic acids is 1. The quantitative estimate of drug-likeness (QED) is 0.788. The molecule has 5 heteroatoms. The number of rotatable bonds is 5. The Morgan fingerprint density at radius 2 is 1.94 bits per heavy atom. The maximum absolute atomic E-state index is 11.9. The van der Waals surface area contributed by atoms with Gasteiger partial charge in [0.2, 0.25) is 5.91 Å². The lowest BCUT2D eigenvalue weighted by molar-refractivity contribution is -0.138. The molecule has 1 atom stereocenters. The van der Waals surface area contributed by atoms with Crippen LogP contribution in [0.4, 0.5) is 0 Å². The molecule has 2 saturated heterocycles. The summed E-state index contributed by atoms with van der Waals surface area (Å²) in [4.78, 5) is 26.5. The van der Waals surface area contributed by atoms with Crippen molar-refractivity contribution in [2.75, 3.05) is 32.7 Å². The topological polar surface area (TPSA) is 60.9 Å². The van der Waals surface area contributed by atoms with Gasteiger partial charge in [0.25, 0.3) is 0 Å². The highest BCUT2D eigenvalue weighted by molar-refractivity contribution is 5.78. The number of amides is 1. The molecule has 2 fully saturated rings. The first-order valence-corrected chi connectivity index (χ1v) is 6.87. The first-order chi connectivity index (χ1) is 8.65. The van der Waals surface area contributed by atoms with Crippen molar-refractivity contribution in [2.24, 2.45) is 5.92 Å². The molecule has 1 unspecified atom stereocenters. The summed E-state index contributed by atoms with van der Waals surface area (Å²) in [7, 11) is 0. The van der Waals surface area contributed by atoms with E-state index in [4.69, 9.17) is 5.11 Å². The van der Waals surface area contributed by atoms with Crippen LogP contribution in [0, 0.1) is 5.92 Å². The highest BCUT2D eigenvalue weighted by Crippen LogP contribution is 2.21. The number of piperidine rings is 1. The van der Waals surface area contributed by atoms with Crippen molar-refractivity contribution in [3.8, 4) is 0 Å². The molecule has 2 heterocycles. The Morgan fingerprint density at radius 1 is 1.17 bits per heavy atom. The Kier molecular flexibility index (Phi) is 4.58. The second-order valence-electron chi connectivity index (χ2n) is 5.41. The Labute approximate surface area is 108 Å². The van der Waals surface area contributed by atoms with Crippen molar-refractivity contribution in [2.45, 2.75) is 32.1 Å². The third-order valence-electron chi connectivity index (χ3n) is 3.94. The van der Waals surface area contributed by atoms with E-state index in [1.54, 1.807) is 0 Å². The maximum Gasteiger partial charge on any atom is 0.303 e. The second kappa shape index (κ2) is 6.18. The Morgan fingerprint density at radius 3 is 2.56 bits per heavy atom. The summed E-state index contributed by atoms with van der Waals surface area (Å²) < 4.78 is 0. The third kappa shape index (κ3) is 3.70. The summed E-state index contributed by atoms with van der Waals surface area (Å²) in [5.74, 6) is -0.0389. The zero-order valence-electron chi connectivity index (χ0n) is 10.8. The van der Waals surface area contributed by atoms with Crippen LogP contribution in [0.25, 0.3) is 0 Å². The van der Waals surface area contributed by atoms with Crippen molar-refractivity contribution in [3.05, 3.63) is 0 Å². The number of likely N-dealkylation sites (tertiary alicyclic amines) is 2. The summed E-state index contributed by atoms with van der Waals surface area (Å²) >= 11 is 0. The molecule has 2 aliphatic heterocycles. The van der Waals surface area contributed by atoms with Gasteiger partial charge in [0.05, 0.1) is 6.54 Å². The largest absolute Gasteiger partial charge is 0.481 e. The fourth-order valence-corrected chi connectivity index (χ4v) is 2.72. The van der Waals surface area contributed by atoms with Crippen LogP contribution in [-0.2, 0) is 9.59 Å². The first-order valence-electron chi connectivity index (χ1n) is 6.87. The van der Waals surface area contributed by atoms with Gasteiger partial charge in [0.1, 0.15) is 0 Å². The molecule has 18 heavy (non-hydrogen) atoms. The molecule has 0 radical (unpaired) electrons. The van der Waals surface area contributed by atoms with Gasteiger partial charge in [-0.3, -0.25) is 14.5 Å². The molecule has 0 bridgehead atoms. The fraction of sp³-hybridized carbons (Fsp3) is 0.846. The monoisotopic (exact) mass is 254 g/mol. The van der Waals surface area contributed by atoms with Crippen molar-refractivity contribution in [3.63, 3.8) is 0 Å². The van der Waals surface area contributed by atoms with Crippen LogP contribution >= 0.6 is 0 Å². The lowest BCUT2D eigenvalue weighted by atomic mass is 9.93. The van der Waals surface area contributed by atoms with E-state index in [1.807, 2.05) is 4.90 Å². The van der Waals surface area contributed by atoms with Crippen LogP contribution in [0.15, 0.2) is 0 Å². The number of carbonyl (C=O) groups is 2. The average molecular weight is 254 g/mol.